The van der Waals surface area contributed by atoms with Crippen LogP contribution in [0.5, 0.6) is 0 Å². The summed E-state index contributed by atoms with van der Waals surface area (Å²) in [4.78, 5) is 11.8. The Kier molecular flexibility index (Phi) is 4.01. The number of carbonyl (C=O) groups excluding carboxylic acids is 1. The molecule has 1 atom stereocenters. The molecule has 1 aromatic heterocycles. The first kappa shape index (κ1) is 13.8. The largest absolute Gasteiger partial charge is 0.352 e. The van der Waals surface area contributed by atoms with Gasteiger partial charge in [-0.25, -0.2) is 4.68 Å². The zero-order chi connectivity index (χ0) is 14.7. The molecule has 1 aliphatic rings. The van der Waals surface area contributed by atoms with Gasteiger partial charge in [-0.05, 0) is 43.5 Å². The molecule has 2 N–H and O–H groups in total. The van der Waals surface area contributed by atoms with Gasteiger partial charge in [0.2, 0.25) is 5.91 Å². The van der Waals surface area contributed by atoms with Crippen molar-refractivity contribution in [2.75, 3.05) is 0 Å². The van der Waals surface area contributed by atoms with Crippen molar-refractivity contribution in [1.82, 2.24) is 20.4 Å². The predicted octanol–water partition coefficient (Wildman–Crippen LogP) is 1.63. The van der Waals surface area contributed by atoms with Crippen molar-refractivity contribution in [3.63, 3.8) is 0 Å². The van der Waals surface area contributed by atoms with Crippen LogP contribution in [0.25, 0.3) is 5.69 Å². The van der Waals surface area contributed by atoms with Crippen LogP contribution in [0.3, 0.4) is 0 Å². The Labute approximate surface area is 124 Å². The van der Waals surface area contributed by atoms with Crippen LogP contribution in [-0.2, 0) is 11.3 Å². The van der Waals surface area contributed by atoms with Crippen LogP contribution in [0.2, 0.25) is 0 Å². The first-order valence-electron chi connectivity index (χ1n) is 7.35. The third-order valence-corrected chi connectivity index (χ3v) is 3.63. The van der Waals surface area contributed by atoms with E-state index in [4.69, 9.17) is 0 Å². The van der Waals surface area contributed by atoms with Gasteiger partial charge in [0.1, 0.15) is 0 Å². The first-order valence-corrected chi connectivity index (χ1v) is 7.35. The number of hydrogen-bond donors (Lipinski definition) is 2. The summed E-state index contributed by atoms with van der Waals surface area (Å²) in [5.74, 6) is 0.0886. The third-order valence-electron chi connectivity index (χ3n) is 3.63. The second kappa shape index (κ2) is 6.10. The van der Waals surface area contributed by atoms with Crippen LogP contribution in [0.4, 0.5) is 0 Å². The fourth-order valence-corrected chi connectivity index (χ4v) is 2.11. The van der Waals surface area contributed by atoms with E-state index in [1.807, 2.05) is 36.0 Å². The summed E-state index contributed by atoms with van der Waals surface area (Å²) in [5.41, 5.74) is 2.18. The van der Waals surface area contributed by atoms with Gasteiger partial charge in [-0.15, -0.1) is 0 Å². The van der Waals surface area contributed by atoms with Crippen LogP contribution >= 0.6 is 0 Å². The maximum Gasteiger partial charge on any atom is 0.237 e. The average molecular weight is 284 g/mol. The molecule has 1 unspecified atom stereocenters. The molecule has 1 heterocycles. The second-order valence-electron chi connectivity index (χ2n) is 5.50. The Morgan fingerprint density at radius 2 is 2.14 bits per heavy atom. The molecule has 1 saturated carbocycles. The van der Waals surface area contributed by atoms with Crippen LogP contribution in [0.15, 0.2) is 42.7 Å². The molecule has 5 heteroatoms. The van der Waals surface area contributed by atoms with E-state index in [2.05, 4.69) is 27.9 Å². The molecule has 1 amide bonds. The molecule has 0 spiro atoms. The smallest absolute Gasteiger partial charge is 0.237 e. The monoisotopic (exact) mass is 284 g/mol. The van der Waals surface area contributed by atoms with Crippen LogP contribution < -0.4 is 10.6 Å². The number of aromatic nitrogens is 2. The zero-order valence-electron chi connectivity index (χ0n) is 12.1. The zero-order valence-corrected chi connectivity index (χ0v) is 12.1. The van der Waals surface area contributed by atoms with Gasteiger partial charge in [0.05, 0.1) is 11.7 Å². The number of nitrogens with zero attached hydrogens (tertiary/aromatic N) is 2. The van der Waals surface area contributed by atoms with Gasteiger partial charge in [0.15, 0.2) is 0 Å². The van der Waals surface area contributed by atoms with E-state index in [0.717, 1.165) is 24.1 Å². The highest BCUT2D eigenvalue weighted by atomic mass is 16.2. The third kappa shape index (κ3) is 3.70. The molecule has 0 bridgehead atoms. The highest BCUT2D eigenvalue weighted by Gasteiger charge is 2.25. The van der Waals surface area contributed by atoms with Crippen molar-refractivity contribution in [1.29, 1.82) is 0 Å². The Bertz CT molecular complexity index is 587. The lowest BCUT2D eigenvalue weighted by atomic mass is 10.2. The van der Waals surface area contributed by atoms with E-state index in [-0.39, 0.29) is 11.9 Å². The van der Waals surface area contributed by atoms with Gasteiger partial charge < -0.3 is 10.6 Å². The fourth-order valence-electron chi connectivity index (χ4n) is 2.11. The Hall–Kier alpha value is -2.14. The Morgan fingerprint density at radius 1 is 1.38 bits per heavy atom. The molecular formula is C16H20N4O. The summed E-state index contributed by atoms with van der Waals surface area (Å²) in [6.45, 7) is 2.58. The highest BCUT2D eigenvalue weighted by Crippen LogP contribution is 2.18. The van der Waals surface area contributed by atoms with Crippen molar-refractivity contribution in [3.8, 4) is 5.69 Å². The Balaban J connectivity index is 1.51. The molecular weight excluding hydrogens is 264 g/mol. The minimum Gasteiger partial charge on any atom is -0.352 e. The molecule has 2 aromatic rings. The van der Waals surface area contributed by atoms with Gasteiger partial charge in [0.25, 0.3) is 0 Å². The lowest BCUT2D eigenvalue weighted by Gasteiger charge is -2.14. The van der Waals surface area contributed by atoms with Gasteiger partial charge in [-0.2, -0.15) is 5.10 Å². The summed E-state index contributed by atoms with van der Waals surface area (Å²) in [6.07, 6.45) is 5.91. The van der Waals surface area contributed by atoms with E-state index in [1.54, 1.807) is 6.20 Å². The van der Waals surface area contributed by atoms with Gasteiger partial charge in [-0.1, -0.05) is 12.1 Å². The van der Waals surface area contributed by atoms with Crippen molar-refractivity contribution < 1.29 is 4.79 Å². The predicted molar refractivity (Wildman–Crippen MR) is 81.0 cm³/mol. The highest BCUT2D eigenvalue weighted by molar-refractivity contribution is 5.81. The van der Waals surface area contributed by atoms with Crippen LogP contribution in [-0.4, -0.2) is 27.8 Å². The second-order valence-corrected chi connectivity index (χ2v) is 5.50. The normalized spacial score (nSPS) is 15.7. The van der Waals surface area contributed by atoms with Gasteiger partial charge >= 0.3 is 0 Å². The number of carbonyl (C=O) groups is 1. The van der Waals surface area contributed by atoms with E-state index < -0.39 is 0 Å². The van der Waals surface area contributed by atoms with Crippen molar-refractivity contribution in [2.24, 2.45) is 0 Å². The van der Waals surface area contributed by atoms with Crippen molar-refractivity contribution >= 4 is 5.91 Å². The number of benzene rings is 1. The number of hydrogen-bond acceptors (Lipinski definition) is 3. The molecule has 1 aliphatic carbocycles. The average Bonchev–Trinajstić information content (AvgIpc) is 3.15. The lowest BCUT2D eigenvalue weighted by Crippen LogP contribution is -2.42. The SMILES string of the molecule is CC(NCc1ccc(-n2cccn2)cc1)C(=O)NC1CC1. The van der Waals surface area contributed by atoms with Gasteiger partial charge in [0, 0.05) is 25.0 Å². The summed E-state index contributed by atoms with van der Waals surface area (Å²) in [5, 5.41) is 10.5. The van der Waals surface area contributed by atoms with E-state index >= 15 is 0 Å². The molecule has 0 radical (unpaired) electrons. The molecule has 1 aromatic carbocycles. The number of rotatable bonds is 6. The molecule has 0 aliphatic heterocycles. The summed E-state index contributed by atoms with van der Waals surface area (Å²) >= 11 is 0. The number of nitrogens with one attached hydrogen (secondary N) is 2. The minimum absolute atomic E-state index is 0.0886. The maximum absolute atomic E-state index is 11.8. The lowest BCUT2D eigenvalue weighted by molar-refractivity contribution is -0.122. The minimum atomic E-state index is -0.170. The van der Waals surface area contributed by atoms with Crippen LogP contribution in [0, 0.1) is 0 Å². The molecule has 0 saturated heterocycles. The first-order chi connectivity index (χ1) is 10.2. The summed E-state index contributed by atoms with van der Waals surface area (Å²) in [6, 6.07) is 10.3. The summed E-state index contributed by atoms with van der Waals surface area (Å²) in [7, 11) is 0. The fraction of sp³-hybridized carbons (Fsp3) is 0.375. The maximum atomic E-state index is 11.8. The summed E-state index contributed by atoms with van der Waals surface area (Å²) < 4.78 is 1.82. The van der Waals surface area contributed by atoms with Crippen molar-refractivity contribution in [2.45, 2.75) is 38.4 Å². The molecule has 110 valence electrons. The quantitative estimate of drug-likeness (QED) is 0.847. The molecule has 1 fully saturated rings. The topological polar surface area (TPSA) is 59.0 Å². The Morgan fingerprint density at radius 3 is 2.76 bits per heavy atom. The molecule has 3 rings (SSSR count). The number of amides is 1. The van der Waals surface area contributed by atoms with E-state index in [1.165, 1.54) is 0 Å². The molecule has 21 heavy (non-hydrogen) atoms. The van der Waals surface area contributed by atoms with Gasteiger partial charge in [-0.3, -0.25) is 4.79 Å². The van der Waals surface area contributed by atoms with Crippen molar-refractivity contribution in [3.05, 3.63) is 48.3 Å². The standard InChI is InChI=1S/C16H20N4O/c1-12(16(21)19-14-5-6-14)17-11-13-3-7-15(8-4-13)20-10-2-9-18-20/h2-4,7-10,12,14,17H,5-6,11H2,1H3,(H,19,21). The van der Waals surface area contributed by atoms with E-state index in [9.17, 15) is 4.79 Å². The molecule has 5 nitrogen and oxygen atoms in total. The van der Waals surface area contributed by atoms with Crippen LogP contribution in [0.1, 0.15) is 25.3 Å². The van der Waals surface area contributed by atoms with E-state index in [0.29, 0.717) is 12.6 Å².